The molecule has 1 aliphatic heterocycles. The minimum Gasteiger partial charge on any atom is -0.355 e. The summed E-state index contributed by atoms with van der Waals surface area (Å²) in [6, 6.07) is 0.406. The van der Waals surface area contributed by atoms with Crippen molar-refractivity contribution >= 4 is 11.7 Å². The number of hydrogen-bond donors (Lipinski definition) is 1. The van der Waals surface area contributed by atoms with Crippen molar-refractivity contribution in [1.29, 1.82) is 0 Å². The highest BCUT2D eigenvalue weighted by molar-refractivity contribution is 5.83. The number of likely N-dealkylation sites (tertiary alicyclic amines) is 1. The van der Waals surface area contributed by atoms with E-state index in [1.165, 1.54) is 19.8 Å². The van der Waals surface area contributed by atoms with E-state index in [1.807, 2.05) is 0 Å². The molecule has 1 heterocycles. The van der Waals surface area contributed by atoms with Crippen LogP contribution >= 0.6 is 0 Å². The summed E-state index contributed by atoms with van der Waals surface area (Å²) in [5.41, 5.74) is 0. The van der Waals surface area contributed by atoms with Gasteiger partial charge in [0.05, 0.1) is 0 Å². The van der Waals surface area contributed by atoms with Gasteiger partial charge in [0.25, 0.3) is 0 Å². The fourth-order valence-electron chi connectivity index (χ4n) is 1.95. The number of Topliss-reactive ketones (excluding diaryl/α,β-unsaturated/α-hetero) is 1. The van der Waals surface area contributed by atoms with E-state index in [2.05, 4.69) is 17.1 Å². The number of carbonyl (C=O) groups is 2. The zero-order chi connectivity index (χ0) is 12.0. The third-order valence-electron chi connectivity index (χ3n) is 3.06. The van der Waals surface area contributed by atoms with Gasteiger partial charge in [-0.15, -0.1) is 0 Å². The van der Waals surface area contributed by atoms with E-state index in [0.717, 1.165) is 13.1 Å². The second kappa shape index (κ2) is 6.63. The molecule has 1 amide bonds. The van der Waals surface area contributed by atoms with E-state index in [1.54, 1.807) is 0 Å². The van der Waals surface area contributed by atoms with Crippen LogP contribution in [0.5, 0.6) is 0 Å². The predicted molar refractivity (Wildman–Crippen MR) is 63.2 cm³/mol. The number of carbonyl (C=O) groups excluding carboxylic acids is 2. The van der Waals surface area contributed by atoms with Crippen molar-refractivity contribution in [3.8, 4) is 0 Å². The molecule has 16 heavy (non-hydrogen) atoms. The molecule has 1 fully saturated rings. The maximum Gasteiger partial charge on any atom is 0.220 e. The first kappa shape index (κ1) is 13.2. The Morgan fingerprint density at radius 2 is 1.88 bits per heavy atom. The zero-order valence-electron chi connectivity index (χ0n) is 10.3. The minimum absolute atomic E-state index is 0.0127. The van der Waals surface area contributed by atoms with Gasteiger partial charge in [0, 0.05) is 25.4 Å². The molecule has 4 nitrogen and oxygen atoms in total. The summed E-state index contributed by atoms with van der Waals surface area (Å²) in [7, 11) is 0. The molecule has 0 aromatic carbocycles. The average molecular weight is 226 g/mol. The molecule has 0 saturated carbocycles. The topological polar surface area (TPSA) is 49.4 Å². The summed E-state index contributed by atoms with van der Waals surface area (Å²) in [6.07, 6.45) is 3.21. The fraction of sp³-hybridized carbons (Fsp3) is 0.833. The van der Waals surface area contributed by atoms with Gasteiger partial charge in [0.2, 0.25) is 5.91 Å². The Labute approximate surface area is 97.4 Å². The molecule has 4 heteroatoms. The fourth-order valence-corrected chi connectivity index (χ4v) is 1.95. The maximum absolute atomic E-state index is 11.4. The number of ketones is 1. The molecule has 1 aliphatic rings. The molecule has 0 bridgehead atoms. The highest BCUT2D eigenvalue weighted by Gasteiger charge is 2.18. The van der Waals surface area contributed by atoms with Crippen molar-refractivity contribution in [3.63, 3.8) is 0 Å². The van der Waals surface area contributed by atoms with E-state index in [9.17, 15) is 9.59 Å². The summed E-state index contributed by atoms with van der Waals surface area (Å²) < 4.78 is 0. The van der Waals surface area contributed by atoms with Crippen LogP contribution in [-0.4, -0.2) is 42.3 Å². The molecule has 0 radical (unpaired) electrons. The van der Waals surface area contributed by atoms with Crippen molar-refractivity contribution in [2.24, 2.45) is 0 Å². The molecule has 1 rings (SSSR count). The maximum atomic E-state index is 11.4. The predicted octanol–water partition coefficient (Wildman–Crippen LogP) is 0.956. The van der Waals surface area contributed by atoms with Crippen molar-refractivity contribution in [3.05, 3.63) is 0 Å². The average Bonchev–Trinajstić information content (AvgIpc) is 2.76. The Hall–Kier alpha value is -0.900. The smallest absolute Gasteiger partial charge is 0.220 e. The van der Waals surface area contributed by atoms with Crippen LogP contribution in [0.25, 0.3) is 0 Å². The van der Waals surface area contributed by atoms with Gasteiger partial charge in [-0.25, -0.2) is 0 Å². The third kappa shape index (κ3) is 4.75. The molecular weight excluding hydrogens is 204 g/mol. The highest BCUT2D eigenvalue weighted by Crippen LogP contribution is 2.10. The van der Waals surface area contributed by atoms with Crippen molar-refractivity contribution < 1.29 is 9.59 Å². The second-order valence-electron chi connectivity index (χ2n) is 4.60. The van der Waals surface area contributed by atoms with E-state index >= 15 is 0 Å². The van der Waals surface area contributed by atoms with Gasteiger partial charge in [0.1, 0.15) is 5.78 Å². The molecule has 0 aromatic rings. The van der Waals surface area contributed by atoms with Gasteiger partial charge in [-0.1, -0.05) is 0 Å². The lowest BCUT2D eigenvalue weighted by Crippen LogP contribution is -2.40. The number of hydrogen-bond acceptors (Lipinski definition) is 3. The van der Waals surface area contributed by atoms with E-state index in [4.69, 9.17) is 0 Å². The van der Waals surface area contributed by atoms with Crippen LogP contribution in [0.3, 0.4) is 0 Å². The molecular formula is C12H22N2O2. The van der Waals surface area contributed by atoms with Gasteiger partial charge in [-0.05, 0) is 39.8 Å². The Morgan fingerprint density at radius 3 is 2.44 bits per heavy atom. The first-order chi connectivity index (χ1) is 7.59. The number of amides is 1. The Balaban J connectivity index is 2.12. The zero-order valence-corrected chi connectivity index (χ0v) is 10.3. The minimum atomic E-state index is -0.0127. The van der Waals surface area contributed by atoms with Gasteiger partial charge in [-0.2, -0.15) is 0 Å². The molecule has 1 N–H and O–H groups in total. The largest absolute Gasteiger partial charge is 0.355 e. The lowest BCUT2D eigenvalue weighted by Gasteiger charge is -2.23. The lowest BCUT2D eigenvalue weighted by atomic mass is 10.2. The quantitative estimate of drug-likeness (QED) is 0.734. The SMILES string of the molecule is CC(=O)CCC(=O)NCC(C)N1CCCC1. The van der Waals surface area contributed by atoms with Crippen molar-refractivity contribution in [2.75, 3.05) is 19.6 Å². The van der Waals surface area contributed by atoms with E-state index < -0.39 is 0 Å². The standard InChI is InChI=1S/C12H22N2O2/c1-10(14-7-3-4-8-14)9-13-12(16)6-5-11(2)15/h10H,3-9H2,1-2H3,(H,13,16). The molecule has 0 aromatic heterocycles. The van der Waals surface area contributed by atoms with Gasteiger partial charge in [0.15, 0.2) is 0 Å². The Kier molecular flexibility index (Phi) is 5.46. The summed E-state index contributed by atoms with van der Waals surface area (Å²) in [5.74, 6) is 0.0592. The number of rotatable bonds is 6. The summed E-state index contributed by atoms with van der Waals surface area (Å²) in [5, 5.41) is 2.88. The summed E-state index contributed by atoms with van der Waals surface area (Å²) in [4.78, 5) is 24.5. The second-order valence-corrected chi connectivity index (χ2v) is 4.60. The van der Waals surface area contributed by atoms with Crippen molar-refractivity contribution in [1.82, 2.24) is 10.2 Å². The van der Waals surface area contributed by atoms with Crippen LogP contribution in [0.4, 0.5) is 0 Å². The van der Waals surface area contributed by atoms with Crippen LogP contribution in [0.2, 0.25) is 0 Å². The van der Waals surface area contributed by atoms with Gasteiger partial charge < -0.3 is 10.1 Å². The summed E-state index contributed by atoms with van der Waals surface area (Å²) >= 11 is 0. The molecule has 0 spiro atoms. The van der Waals surface area contributed by atoms with Crippen LogP contribution in [0.15, 0.2) is 0 Å². The Morgan fingerprint density at radius 1 is 1.25 bits per heavy atom. The van der Waals surface area contributed by atoms with Gasteiger partial charge >= 0.3 is 0 Å². The molecule has 1 saturated heterocycles. The van der Waals surface area contributed by atoms with Gasteiger partial charge in [-0.3, -0.25) is 9.69 Å². The van der Waals surface area contributed by atoms with Crippen molar-refractivity contribution in [2.45, 2.75) is 45.6 Å². The Bertz CT molecular complexity index is 247. The molecule has 1 atom stereocenters. The molecule has 1 unspecified atom stereocenters. The monoisotopic (exact) mass is 226 g/mol. The summed E-state index contributed by atoms with van der Waals surface area (Å²) in [6.45, 7) is 6.63. The van der Waals surface area contributed by atoms with Crippen LogP contribution in [0, 0.1) is 0 Å². The number of nitrogens with zero attached hydrogens (tertiary/aromatic N) is 1. The lowest BCUT2D eigenvalue weighted by molar-refractivity contribution is -0.124. The van der Waals surface area contributed by atoms with Crippen LogP contribution in [0.1, 0.15) is 39.5 Å². The van der Waals surface area contributed by atoms with Crippen LogP contribution < -0.4 is 5.32 Å². The highest BCUT2D eigenvalue weighted by atomic mass is 16.2. The molecule has 92 valence electrons. The van der Waals surface area contributed by atoms with Crippen LogP contribution in [-0.2, 0) is 9.59 Å². The van der Waals surface area contributed by atoms with E-state index in [0.29, 0.717) is 25.4 Å². The molecule has 0 aliphatic carbocycles. The first-order valence-electron chi connectivity index (χ1n) is 6.10. The first-order valence-corrected chi connectivity index (χ1v) is 6.10. The normalized spacial score (nSPS) is 18.4. The van der Waals surface area contributed by atoms with E-state index in [-0.39, 0.29) is 11.7 Å². The third-order valence-corrected chi connectivity index (χ3v) is 3.06. The number of nitrogens with one attached hydrogen (secondary N) is 1.